The summed E-state index contributed by atoms with van der Waals surface area (Å²) in [6, 6.07) is 9.06. The Bertz CT molecular complexity index is 599. The van der Waals surface area contributed by atoms with E-state index in [0.717, 1.165) is 0 Å². The lowest BCUT2D eigenvalue weighted by atomic mass is 10.3. The molecule has 0 fully saturated rings. The zero-order valence-corrected chi connectivity index (χ0v) is 10.7. The van der Waals surface area contributed by atoms with Crippen LogP contribution in [0.15, 0.2) is 41.3 Å². The third-order valence-corrected chi connectivity index (χ3v) is 3.32. The van der Waals surface area contributed by atoms with Gasteiger partial charge in [0, 0.05) is 16.3 Å². The molecule has 2 aromatic rings. The van der Waals surface area contributed by atoms with Gasteiger partial charge in [0.15, 0.2) is 0 Å². The van der Waals surface area contributed by atoms with Gasteiger partial charge < -0.3 is 10.8 Å². The summed E-state index contributed by atoms with van der Waals surface area (Å²) in [6.45, 7) is 0. The highest BCUT2D eigenvalue weighted by atomic mass is 32.2. The van der Waals surface area contributed by atoms with Crippen LogP contribution in [0.3, 0.4) is 0 Å². The molecular weight excluding hydrogens is 267 g/mol. The van der Waals surface area contributed by atoms with E-state index in [4.69, 9.17) is 10.8 Å². The number of thioether (sulfide) groups is 1. The van der Waals surface area contributed by atoms with Gasteiger partial charge in [-0.05, 0) is 30.3 Å². The highest BCUT2D eigenvalue weighted by Gasteiger charge is 2.06. The highest BCUT2D eigenvalue weighted by Crippen LogP contribution is 2.25. The van der Waals surface area contributed by atoms with Crippen LogP contribution in [-0.2, 0) is 5.75 Å². The number of hydrogen-bond acceptors (Lipinski definition) is 4. The molecule has 0 atom stereocenters. The molecule has 3 N–H and O–H groups in total. The van der Waals surface area contributed by atoms with E-state index in [-0.39, 0.29) is 5.69 Å². The summed E-state index contributed by atoms with van der Waals surface area (Å²) >= 11 is 1.35. The van der Waals surface area contributed by atoms with Crippen molar-refractivity contribution < 1.29 is 14.3 Å². The molecule has 1 aromatic heterocycles. The monoisotopic (exact) mass is 278 g/mol. The quantitative estimate of drug-likeness (QED) is 0.664. The molecule has 0 aliphatic heterocycles. The van der Waals surface area contributed by atoms with E-state index in [0.29, 0.717) is 22.0 Å². The first-order valence-electron chi connectivity index (χ1n) is 5.43. The SMILES string of the molecule is Nc1cc(F)cc(SCc2cccc(C(=O)O)n2)c1. The second-order valence-electron chi connectivity index (χ2n) is 3.83. The molecule has 0 saturated heterocycles. The van der Waals surface area contributed by atoms with E-state index in [1.54, 1.807) is 18.2 Å². The topological polar surface area (TPSA) is 76.2 Å². The Morgan fingerprint density at radius 2 is 2.16 bits per heavy atom. The van der Waals surface area contributed by atoms with Crippen LogP contribution in [-0.4, -0.2) is 16.1 Å². The summed E-state index contributed by atoms with van der Waals surface area (Å²) in [5.74, 6) is -1.01. The van der Waals surface area contributed by atoms with Crippen molar-refractivity contribution >= 4 is 23.4 Å². The van der Waals surface area contributed by atoms with Gasteiger partial charge in [0.1, 0.15) is 11.5 Å². The second kappa shape index (κ2) is 5.71. The van der Waals surface area contributed by atoms with Crippen molar-refractivity contribution in [3.63, 3.8) is 0 Å². The Balaban J connectivity index is 2.10. The first kappa shape index (κ1) is 13.4. The van der Waals surface area contributed by atoms with E-state index in [9.17, 15) is 9.18 Å². The van der Waals surface area contributed by atoms with Crippen molar-refractivity contribution in [1.29, 1.82) is 0 Å². The maximum atomic E-state index is 13.1. The molecule has 98 valence electrons. The fraction of sp³-hybridized carbons (Fsp3) is 0.0769. The fourth-order valence-electron chi connectivity index (χ4n) is 1.50. The summed E-state index contributed by atoms with van der Waals surface area (Å²) < 4.78 is 13.1. The number of nitrogens with zero attached hydrogens (tertiary/aromatic N) is 1. The van der Waals surface area contributed by atoms with Crippen molar-refractivity contribution in [2.45, 2.75) is 10.6 Å². The number of pyridine rings is 1. The Labute approximate surface area is 113 Å². The van der Waals surface area contributed by atoms with E-state index in [1.807, 2.05) is 0 Å². The van der Waals surface area contributed by atoms with Crippen LogP contribution in [0.25, 0.3) is 0 Å². The number of nitrogens with two attached hydrogens (primary N) is 1. The predicted molar refractivity (Wildman–Crippen MR) is 71.6 cm³/mol. The molecule has 1 heterocycles. The molecule has 6 heteroatoms. The predicted octanol–water partition coefficient (Wildman–Crippen LogP) is 2.79. The third kappa shape index (κ3) is 3.69. The van der Waals surface area contributed by atoms with E-state index < -0.39 is 11.8 Å². The van der Waals surface area contributed by atoms with Crippen LogP contribution in [0.4, 0.5) is 10.1 Å². The molecule has 19 heavy (non-hydrogen) atoms. The number of aromatic nitrogens is 1. The molecule has 0 unspecified atom stereocenters. The van der Waals surface area contributed by atoms with Crippen molar-refractivity contribution in [1.82, 2.24) is 4.98 Å². The van der Waals surface area contributed by atoms with Crippen LogP contribution >= 0.6 is 11.8 Å². The molecular formula is C13H11FN2O2S. The van der Waals surface area contributed by atoms with E-state index >= 15 is 0 Å². The van der Waals surface area contributed by atoms with Crippen LogP contribution in [0.2, 0.25) is 0 Å². The van der Waals surface area contributed by atoms with Crippen LogP contribution in [0, 0.1) is 5.82 Å². The normalized spacial score (nSPS) is 10.4. The number of carbonyl (C=O) groups is 1. The molecule has 4 nitrogen and oxygen atoms in total. The lowest BCUT2D eigenvalue weighted by molar-refractivity contribution is 0.0690. The second-order valence-corrected chi connectivity index (χ2v) is 4.88. The maximum absolute atomic E-state index is 13.1. The molecule has 1 aromatic carbocycles. The summed E-state index contributed by atoms with van der Waals surface area (Å²) in [5, 5.41) is 8.83. The van der Waals surface area contributed by atoms with Gasteiger partial charge in [-0.1, -0.05) is 6.07 Å². The minimum atomic E-state index is -1.07. The van der Waals surface area contributed by atoms with Gasteiger partial charge in [0.25, 0.3) is 0 Å². The Kier molecular flexibility index (Phi) is 4.01. The largest absolute Gasteiger partial charge is 0.477 e. The zero-order chi connectivity index (χ0) is 13.8. The summed E-state index contributed by atoms with van der Waals surface area (Å²) in [4.78, 5) is 15.4. The van der Waals surface area contributed by atoms with Gasteiger partial charge in [-0.25, -0.2) is 14.2 Å². The van der Waals surface area contributed by atoms with Gasteiger partial charge in [-0.15, -0.1) is 11.8 Å². The van der Waals surface area contributed by atoms with Crippen LogP contribution < -0.4 is 5.73 Å². The number of anilines is 1. The molecule has 0 saturated carbocycles. The van der Waals surface area contributed by atoms with Gasteiger partial charge in [-0.3, -0.25) is 0 Å². The van der Waals surface area contributed by atoms with Gasteiger partial charge in [-0.2, -0.15) is 0 Å². The molecule has 0 radical (unpaired) electrons. The van der Waals surface area contributed by atoms with Gasteiger partial charge >= 0.3 is 5.97 Å². The number of carboxylic acids is 1. The van der Waals surface area contributed by atoms with E-state index in [2.05, 4.69) is 4.98 Å². The van der Waals surface area contributed by atoms with Gasteiger partial charge in [0.05, 0.1) is 5.69 Å². The number of aromatic carboxylic acids is 1. The number of rotatable bonds is 4. The van der Waals surface area contributed by atoms with Crippen LogP contribution in [0.5, 0.6) is 0 Å². The number of benzene rings is 1. The Hall–Kier alpha value is -2.08. The Morgan fingerprint density at radius 1 is 1.37 bits per heavy atom. The summed E-state index contributed by atoms with van der Waals surface area (Å²) in [6.07, 6.45) is 0. The minimum Gasteiger partial charge on any atom is -0.477 e. The first-order valence-corrected chi connectivity index (χ1v) is 6.41. The lowest BCUT2D eigenvalue weighted by Gasteiger charge is -2.04. The van der Waals surface area contributed by atoms with E-state index in [1.165, 1.54) is 30.0 Å². The molecule has 0 amide bonds. The highest BCUT2D eigenvalue weighted by molar-refractivity contribution is 7.98. The van der Waals surface area contributed by atoms with Crippen molar-refractivity contribution in [3.05, 3.63) is 53.6 Å². The minimum absolute atomic E-state index is 0.00291. The number of nitrogen functional groups attached to an aromatic ring is 1. The first-order chi connectivity index (χ1) is 9.04. The van der Waals surface area contributed by atoms with Gasteiger partial charge in [0.2, 0.25) is 0 Å². The number of halogens is 1. The standard InChI is InChI=1S/C13H11FN2O2S/c14-8-4-9(15)6-11(5-8)19-7-10-2-1-3-12(16-10)13(17)18/h1-6H,7,15H2,(H,17,18). The zero-order valence-electron chi connectivity index (χ0n) is 9.84. The lowest BCUT2D eigenvalue weighted by Crippen LogP contribution is -2.01. The molecule has 2 rings (SSSR count). The van der Waals surface area contributed by atoms with Crippen LogP contribution in [0.1, 0.15) is 16.2 Å². The molecule has 0 aliphatic rings. The maximum Gasteiger partial charge on any atom is 0.354 e. The molecule has 0 aliphatic carbocycles. The van der Waals surface area contributed by atoms with Crippen molar-refractivity contribution in [2.75, 3.05) is 5.73 Å². The third-order valence-electron chi connectivity index (χ3n) is 2.31. The number of hydrogen-bond donors (Lipinski definition) is 2. The number of carboxylic acid groups (broad SMARTS) is 1. The smallest absolute Gasteiger partial charge is 0.354 e. The summed E-state index contributed by atoms with van der Waals surface area (Å²) in [5.41, 5.74) is 6.52. The fourth-order valence-corrected chi connectivity index (χ4v) is 2.39. The molecule has 0 bridgehead atoms. The summed E-state index contributed by atoms with van der Waals surface area (Å²) in [7, 11) is 0. The van der Waals surface area contributed by atoms with Crippen molar-refractivity contribution in [3.8, 4) is 0 Å². The Morgan fingerprint density at radius 3 is 2.84 bits per heavy atom. The van der Waals surface area contributed by atoms with Crippen molar-refractivity contribution in [2.24, 2.45) is 0 Å². The average molecular weight is 278 g/mol. The average Bonchev–Trinajstić information content (AvgIpc) is 2.35. The molecule has 0 spiro atoms.